The van der Waals surface area contributed by atoms with Crippen LogP contribution in [0.5, 0.6) is 5.75 Å². The van der Waals surface area contributed by atoms with E-state index in [2.05, 4.69) is 47.8 Å². The zero-order chi connectivity index (χ0) is 9.46. The normalized spacial score (nSPS) is 10.3. The molecule has 3 N–H and O–H groups in total. The minimum Gasteiger partial charge on any atom is -0.506 e. The second-order valence-corrected chi connectivity index (χ2v) is 4.71. The summed E-state index contributed by atoms with van der Waals surface area (Å²) in [5.74, 6) is 0.197. The fourth-order valence-corrected chi connectivity index (χ4v) is 2.34. The van der Waals surface area contributed by atoms with Crippen molar-refractivity contribution < 1.29 is 5.11 Å². The van der Waals surface area contributed by atoms with Crippen molar-refractivity contribution in [2.45, 2.75) is 6.92 Å². The van der Waals surface area contributed by atoms with Crippen molar-refractivity contribution in [1.82, 2.24) is 0 Å². The number of nitrogens with two attached hydrogens (primary N) is 1. The van der Waals surface area contributed by atoms with Gasteiger partial charge in [-0.25, -0.2) is 0 Å². The van der Waals surface area contributed by atoms with Crippen molar-refractivity contribution in [1.29, 1.82) is 0 Å². The Labute approximate surface area is 95.5 Å². The van der Waals surface area contributed by atoms with E-state index in [-0.39, 0.29) is 5.75 Å². The second-order valence-electron chi connectivity index (χ2n) is 2.33. The van der Waals surface area contributed by atoms with Gasteiger partial charge in [0.2, 0.25) is 0 Å². The number of phenolic OH excluding ortho intramolecular Hbond substituents is 1. The van der Waals surface area contributed by atoms with E-state index in [9.17, 15) is 5.11 Å². The van der Waals surface area contributed by atoms with Crippen molar-refractivity contribution in [2.75, 3.05) is 5.73 Å². The maximum Gasteiger partial charge on any atom is 0.135 e. The first kappa shape index (κ1) is 10.3. The molecule has 0 unspecified atom stereocenters. The largest absolute Gasteiger partial charge is 0.506 e. The highest BCUT2D eigenvalue weighted by Gasteiger charge is 2.14. The molecule has 0 aromatic heterocycles. The fourth-order valence-electron chi connectivity index (χ4n) is 0.789. The van der Waals surface area contributed by atoms with Gasteiger partial charge in [0.05, 0.1) is 14.6 Å². The minimum atomic E-state index is 0.197. The van der Waals surface area contributed by atoms with E-state index in [1.165, 1.54) is 0 Å². The third-order valence-corrected chi connectivity index (χ3v) is 4.71. The molecule has 1 aromatic carbocycles. The Morgan fingerprint density at radius 1 is 1.08 bits per heavy atom. The molecule has 0 aliphatic heterocycles. The Balaban J connectivity index is 3.60. The van der Waals surface area contributed by atoms with Crippen LogP contribution in [-0.2, 0) is 0 Å². The lowest BCUT2D eigenvalue weighted by molar-refractivity contribution is 0.467. The van der Waals surface area contributed by atoms with Crippen LogP contribution in [0.1, 0.15) is 5.56 Å². The molecule has 66 valence electrons. The molecular formula is C7H6Br3NO. The van der Waals surface area contributed by atoms with Crippen LogP contribution >= 0.6 is 47.8 Å². The SMILES string of the molecule is Cc1c(O)c(Br)c(Br)c(N)c1Br. The molecule has 0 saturated carbocycles. The number of benzene rings is 1. The Bertz CT molecular complexity index is 233. The second kappa shape index (κ2) is 3.55. The number of halogens is 3. The predicted molar refractivity (Wildman–Crippen MR) is 60.4 cm³/mol. The molecule has 0 aliphatic carbocycles. The molecule has 12 heavy (non-hydrogen) atoms. The summed E-state index contributed by atoms with van der Waals surface area (Å²) in [5.41, 5.74) is 7.02. The van der Waals surface area contributed by atoms with E-state index in [4.69, 9.17) is 5.73 Å². The Kier molecular flexibility index (Phi) is 3.06. The lowest BCUT2D eigenvalue weighted by atomic mass is 10.2. The summed E-state index contributed by atoms with van der Waals surface area (Å²) in [4.78, 5) is 0. The van der Waals surface area contributed by atoms with Crippen LogP contribution in [0, 0.1) is 6.92 Å². The van der Waals surface area contributed by atoms with Gasteiger partial charge in [-0.05, 0) is 54.7 Å². The van der Waals surface area contributed by atoms with E-state index in [1.54, 1.807) is 6.92 Å². The van der Waals surface area contributed by atoms with Gasteiger partial charge in [0.25, 0.3) is 0 Å². The molecular weight excluding hydrogens is 354 g/mol. The smallest absolute Gasteiger partial charge is 0.135 e. The average molecular weight is 360 g/mol. The highest BCUT2D eigenvalue weighted by molar-refractivity contribution is 9.13. The third-order valence-electron chi connectivity index (χ3n) is 1.56. The van der Waals surface area contributed by atoms with Crippen molar-refractivity contribution in [2.24, 2.45) is 0 Å². The quantitative estimate of drug-likeness (QED) is 0.422. The molecule has 0 radical (unpaired) electrons. The summed E-state index contributed by atoms with van der Waals surface area (Å²) in [6.07, 6.45) is 0. The van der Waals surface area contributed by atoms with Crippen LogP contribution in [-0.4, -0.2) is 5.11 Å². The number of nitrogen functional groups attached to an aromatic ring is 1. The molecule has 1 rings (SSSR count). The van der Waals surface area contributed by atoms with Crippen LogP contribution in [0.4, 0.5) is 5.69 Å². The molecule has 0 atom stereocenters. The maximum absolute atomic E-state index is 9.53. The molecule has 1 aromatic rings. The lowest BCUT2D eigenvalue weighted by Crippen LogP contribution is -1.92. The number of phenols is 1. The molecule has 0 amide bonds. The van der Waals surface area contributed by atoms with Gasteiger partial charge in [0, 0.05) is 10.0 Å². The van der Waals surface area contributed by atoms with Crippen LogP contribution in [0.25, 0.3) is 0 Å². The molecule has 0 bridgehead atoms. The topological polar surface area (TPSA) is 46.2 Å². The van der Waals surface area contributed by atoms with Gasteiger partial charge in [-0.1, -0.05) is 0 Å². The summed E-state index contributed by atoms with van der Waals surface area (Å²) in [5, 5.41) is 9.53. The van der Waals surface area contributed by atoms with Gasteiger partial charge in [-0.3, -0.25) is 0 Å². The number of hydrogen-bond donors (Lipinski definition) is 2. The highest BCUT2D eigenvalue weighted by atomic mass is 79.9. The van der Waals surface area contributed by atoms with Gasteiger partial charge < -0.3 is 10.8 Å². The van der Waals surface area contributed by atoms with Crippen molar-refractivity contribution in [3.8, 4) is 5.75 Å². The van der Waals surface area contributed by atoms with Crippen molar-refractivity contribution in [3.05, 3.63) is 19.0 Å². The zero-order valence-electron chi connectivity index (χ0n) is 6.16. The summed E-state index contributed by atoms with van der Waals surface area (Å²) in [7, 11) is 0. The van der Waals surface area contributed by atoms with Crippen LogP contribution in [0.3, 0.4) is 0 Å². The van der Waals surface area contributed by atoms with E-state index in [0.717, 1.165) is 10.0 Å². The first-order valence-electron chi connectivity index (χ1n) is 3.08. The van der Waals surface area contributed by atoms with E-state index in [1.807, 2.05) is 0 Å². The average Bonchev–Trinajstić information content (AvgIpc) is 2.08. The Hall–Kier alpha value is 0.260. The minimum absolute atomic E-state index is 0.197. The van der Waals surface area contributed by atoms with Gasteiger partial charge in [0.15, 0.2) is 0 Å². The van der Waals surface area contributed by atoms with Crippen molar-refractivity contribution >= 4 is 53.5 Å². The van der Waals surface area contributed by atoms with Gasteiger partial charge in [0.1, 0.15) is 5.75 Å². The van der Waals surface area contributed by atoms with Gasteiger partial charge in [-0.15, -0.1) is 0 Å². The standard InChI is InChI=1S/C7H6Br3NO/c1-2-3(8)6(11)4(9)5(10)7(2)12/h12H,11H2,1H3. The van der Waals surface area contributed by atoms with E-state index < -0.39 is 0 Å². The summed E-state index contributed by atoms with van der Waals surface area (Å²) >= 11 is 9.75. The molecule has 2 nitrogen and oxygen atoms in total. The molecule has 0 fully saturated rings. The Morgan fingerprint density at radius 3 is 2.08 bits per heavy atom. The van der Waals surface area contributed by atoms with Crippen LogP contribution in [0.15, 0.2) is 13.4 Å². The van der Waals surface area contributed by atoms with Crippen molar-refractivity contribution in [3.63, 3.8) is 0 Å². The predicted octanol–water partition coefficient (Wildman–Crippen LogP) is 3.57. The number of rotatable bonds is 0. The summed E-state index contributed by atoms with van der Waals surface area (Å²) in [6.45, 7) is 1.78. The van der Waals surface area contributed by atoms with Gasteiger partial charge >= 0.3 is 0 Å². The zero-order valence-corrected chi connectivity index (χ0v) is 10.9. The fraction of sp³-hybridized carbons (Fsp3) is 0.143. The first-order chi connectivity index (χ1) is 5.46. The number of hydrogen-bond acceptors (Lipinski definition) is 2. The third kappa shape index (κ3) is 1.49. The van der Waals surface area contributed by atoms with E-state index >= 15 is 0 Å². The first-order valence-corrected chi connectivity index (χ1v) is 5.46. The number of aromatic hydroxyl groups is 1. The summed E-state index contributed by atoms with van der Waals surface area (Å²) < 4.78 is 1.97. The Morgan fingerprint density at radius 2 is 1.58 bits per heavy atom. The van der Waals surface area contributed by atoms with Crippen LogP contribution < -0.4 is 5.73 Å². The number of anilines is 1. The molecule has 0 aliphatic rings. The summed E-state index contributed by atoms with van der Waals surface area (Å²) in [6, 6.07) is 0. The highest BCUT2D eigenvalue weighted by Crippen LogP contribution is 2.43. The van der Waals surface area contributed by atoms with Gasteiger partial charge in [-0.2, -0.15) is 0 Å². The van der Waals surface area contributed by atoms with Crippen LogP contribution in [0.2, 0.25) is 0 Å². The maximum atomic E-state index is 9.53. The lowest BCUT2D eigenvalue weighted by Gasteiger charge is -2.10. The molecule has 0 spiro atoms. The monoisotopic (exact) mass is 357 g/mol. The molecule has 0 heterocycles. The molecule has 0 saturated heterocycles. The molecule has 5 heteroatoms. The van der Waals surface area contributed by atoms with E-state index in [0.29, 0.717) is 14.6 Å².